The Bertz CT molecular complexity index is 876. The van der Waals surface area contributed by atoms with Gasteiger partial charge in [-0.15, -0.1) is 13.2 Å². The normalized spacial score (nSPS) is 22.1. The summed E-state index contributed by atoms with van der Waals surface area (Å²) >= 11 is 5.88. The van der Waals surface area contributed by atoms with E-state index in [1.807, 2.05) is 0 Å². The molecule has 1 aromatic rings. The number of benzene rings is 1. The second-order valence-corrected chi connectivity index (χ2v) is 8.25. The number of ketones is 1. The van der Waals surface area contributed by atoms with E-state index in [0.29, 0.717) is 42.3 Å². The Labute approximate surface area is 193 Å². The quantitative estimate of drug-likeness (QED) is 0.487. The second kappa shape index (κ2) is 11.2. The van der Waals surface area contributed by atoms with Crippen LogP contribution >= 0.6 is 11.6 Å². The van der Waals surface area contributed by atoms with Gasteiger partial charge in [-0.3, -0.25) is 19.1 Å². The summed E-state index contributed by atoms with van der Waals surface area (Å²) in [6.07, 6.45) is -5.61. The molecule has 8 nitrogen and oxygen atoms in total. The van der Waals surface area contributed by atoms with E-state index in [1.54, 1.807) is 12.1 Å². The number of carbonyl (C=O) groups excluding carboxylic acids is 3. The van der Waals surface area contributed by atoms with Gasteiger partial charge in [0, 0.05) is 31.0 Å². The van der Waals surface area contributed by atoms with Crippen LogP contribution in [0.1, 0.15) is 42.5 Å². The Balaban J connectivity index is 1.22. The van der Waals surface area contributed by atoms with Gasteiger partial charge in [0.1, 0.15) is 12.4 Å². The van der Waals surface area contributed by atoms with Gasteiger partial charge in [-0.25, -0.2) is 0 Å². The minimum atomic E-state index is -4.66. The monoisotopic (exact) mass is 492 g/mol. The van der Waals surface area contributed by atoms with Crippen LogP contribution in [0.4, 0.5) is 13.2 Å². The Morgan fingerprint density at radius 1 is 1.12 bits per heavy atom. The molecule has 1 heterocycles. The largest absolute Gasteiger partial charge is 0.522 e. The van der Waals surface area contributed by atoms with E-state index in [2.05, 4.69) is 15.4 Å². The maximum atomic E-state index is 12.3. The number of halogens is 4. The van der Waals surface area contributed by atoms with Crippen molar-refractivity contribution in [3.8, 4) is 5.75 Å². The van der Waals surface area contributed by atoms with E-state index in [4.69, 9.17) is 21.1 Å². The van der Waals surface area contributed by atoms with Gasteiger partial charge in [-0.05, 0) is 31.0 Å². The molecule has 12 heteroatoms. The molecule has 3 rings (SSSR count). The summed E-state index contributed by atoms with van der Waals surface area (Å²) in [5, 5.41) is 5.76. The lowest BCUT2D eigenvalue weighted by Gasteiger charge is -2.34. The van der Waals surface area contributed by atoms with Crippen LogP contribution in [0.3, 0.4) is 0 Å². The van der Waals surface area contributed by atoms with Crippen molar-refractivity contribution in [3.05, 3.63) is 28.8 Å². The van der Waals surface area contributed by atoms with Crippen molar-refractivity contribution in [3.63, 3.8) is 0 Å². The van der Waals surface area contributed by atoms with Crippen LogP contribution in [0, 0.1) is 0 Å². The van der Waals surface area contributed by atoms with Gasteiger partial charge in [0.05, 0.1) is 24.2 Å². The number of carbonyl (C=O) groups is 3. The van der Waals surface area contributed by atoms with Crippen LogP contribution < -0.4 is 15.4 Å². The molecule has 0 unspecified atom stereocenters. The summed E-state index contributed by atoms with van der Waals surface area (Å²) in [6.45, 7) is 0.463. The standard InChI is InChI=1S/C21H24ClF3N2O6/c22-12-3-4-17-15(7-12)16(28)10-18(32-17)20(30)27-6-2-1-5-26-19(29)11-31-13-8-14(9-13)33-21(23,24)25/h3-4,7,13-14,18H,1-2,5-6,8-11H2,(H,26,29)(H,27,30)/t13?,14?,18-/m1/s1. The minimum Gasteiger partial charge on any atom is -0.479 e. The van der Waals surface area contributed by atoms with Gasteiger partial charge >= 0.3 is 6.36 Å². The molecule has 2 aliphatic rings. The average molecular weight is 493 g/mol. The first-order valence-corrected chi connectivity index (χ1v) is 10.9. The molecular formula is C21H24ClF3N2O6. The van der Waals surface area contributed by atoms with Crippen LogP contribution in [0.25, 0.3) is 0 Å². The van der Waals surface area contributed by atoms with Crippen molar-refractivity contribution >= 4 is 29.2 Å². The van der Waals surface area contributed by atoms with Crippen LogP contribution in [0.5, 0.6) is 5.75 Å². The summed E-state index contributed by atoms with van der Waals surface area (Å²) in [5.74, 6) is -0.651. The summed E-state index contributed by atoms with van der Waals surface area (Å²) in [7, 11) is 0. The van der Waals surface area contributed by atoms with Crippen molar-refractivity contribution in [2.45, 2.75) is 56.8 Å². The molecular weight excluding hydrogens is 469 g/mol. The molecule has 1 atom stereocenters. The number of nitrogens with one attached hydrogen (secondary N) is 2. The minimum absolute atomic E-state index is 0.0701. The van der Waals surface area contributed by atoms with Crippen molar-refractivity contribution in [2.24, 2.45) is 0 Å². The Morgan fingerprint density at radius 3 is 2.52 bits per heavy atom. The summed E-state index contributed by atoms with van der Waals surface area (Å²) in [4.78, 5) is 36.2. The Hall–Kier alpha value is -2.37. The number of alkyl halides is 3. The maximum absolute atomic E-state index is 12.3. The molecule has 0 bridgehead atoms. The molecule has 1 saturated carbocycles. The van der Waals surface area contributed by atoms with E-state index in [0.717, 1.165) is 0 Å². The average Bonchev–Trinajstić information content (AvgIpc) is 2.71. The fourth-order valence-electron chi connectivity index (χ4n) is 3.43. The van der Waals surface area contributed by atoms with Crippen molar-refractivity contribution in [1.29, 1.82) is 0 Å². The van der Waals surface area contributed by atoms with Crippen molar-refractivity contribution in [2.75, 3.05) is 19.7 Å². The first kappa shape index (κ1) is 25.3. The maximum Gasteiger partial charge on any atom is 0.522 e. The van der Waals surface area contributed by atoms with Crippen LogP contribution in [-0.4, -0.2) is 62.0 Å². The number of rotatable bonds is 10. The number of Topliss-reactive ketones (excluding diaryl/α,β-unsaturated/α-hetero) is 1. The van der Waals surface area contributed by atoms with Gasteiger partial charge in [-0.1, -0.05) is 11.6 Å². The van der Waals surface area contributed by atoms with Crippen molar-refractivity contribution in [1.82, 2.24) is 10.6 Å². The lowest BCUT2D eigenvalue weighted by atomic mass is 9.92. The van der Waals surface area contributed by atoms with E-state index in [1.165, 1.54) is 6.07 Å². The summed E-state index contributed by atoms with van der Waals surface area (Å²) in [5.41, 5.74) is 0.359. The highest BCUT2D eigenvalue weighted by atomic mass is 35.5. The van der Waals surface area contributed by atoms with Crippen LogP contribution in [0.2, 0.25) is 5.02 Å². The molecule has 0 aromatic heterocycles. The van der Waals surface area contributed by atoms with Gasteiger partial charge in [0.25, 0.3) is 5.91 Å². The third kappa shape index (κ3) is 7.86. The molecule has 1 aromatic carbocycles. The van der Waals surface area contributed by atoms with Gasteiger partial charge in [0.15, 0.2) is 11.9 Å². The fourth-order valence-corrected chi connectivity index (χ4v) is 3.60. The smallest absolute Gasteiger partial charge is 0.479 e. The first-order chi connectivity index (χ1) is 15.6. The predicted molar refractivity (Wildman–Crippen MR) is 110 cm³/mol. The van der Waals surface area contributed by atoms with Gasteiger partial charge < -0.3 is 20.1 Å². The lowest BCUT2D eigenvalue weighted by Crippen LogP contribution is -2.42. The zero-order chi connectivity index (χ0) is 24.0. The highest BCUT2D eigenvalue weighted by Crippen LogP contribution is 2.32. The molecule has 2 N–H and O–H groups in total. The van der Waals surface area contributed by atoms with Crippen LogP contribution in [-0.2, 0) is 19.1 Å². The first-order valence-electron chi connectivity index (χ1n) is 10.5. The predicted octanol–water partition coefficient (Wildman–Crippen LogP) is 2.77. The highest BCUT2D eigenvalue weighted by molar-refractivity contribution is 6.31. The number of ether oxygens (including phenoxy) is 3. The molecule has 0 spiro atoms. The number of fused-ring (bicyclic) bond motifs is 1. The number of hydrogen-bond donors (Lipinski definition) is 2. The summed E-state index contributed by atoms with van der Waals surface area (Å²) < 4.78 is 50.8. The Kier molecular flexibility index (Phi) is 8.55. The Morgan fingerprint density at radius 2 is 1.82 bits per heavy atom. The van der Waals surface area contributed by atoms with Crippen molar-refractivity contribution < 1.29 is 41.8 Å². The molecule has 0 radical (unpaired) electrons. The zero-order valence-corrected chi connectivity index (χ0v) is 18.3. The molecule has 1 aliphatic carbocycles. The molecule has 0 saturated heterocycles. The molecule has 2 amide bonds. The molecule has 1 aliphatic heterocycles. The summed E-state index contributed by atoms with van der Waals surface area (Å²) in [6, 6.07) is 4.65. The van der Waals surface area contributed by atoms with E-state index in [9.17, 15) is 27.6 Å². The topological polar surface area (TPSA) is 103 Å². The van der Waals surface area contributed by atoms with E-state index < -0.39 is 30.6 Å². The van der Waals surface area contributed by atoms with Gasteiger partial charge in [0.2, 0.25) is 5.91 Å². The number of amides is 2. The number of hydrogen-bond acceptors (Lipinski definition) is 6. The lowest BCUT2D eigenvalue weighted by molar-refractivity contribution is -0.357. The third-order valence-corrected chi connectivity index (χ3v) is 5.44. The second-order valence-electron chi connectivity index (χ2n) is 7.81. The number of unbranched alkanes of at least 4 members (excludes halogenated alkanes) is 1. The van der Waals surface area contributed by atoms with E-state index >= 15 is 0 Å². The highest BCUT2D eigenvalue weighted by Gasteiger charge is 2.40. The van der Waals surface area contributed by atoms with Crippen LogP contribution in [0.15, 0.2) is 18.2 Å². The zero-order valence-electron chi connectivity index (χ0n) is 17.6. The van der Waals surface area contributed by atoms with E-state index in [-0.39, 0.29) is 37.6 Å². The molecule has 182 valence electrons. The molecule has 33 heavy (non-hydrogen) atoms. The third-order valence-electron chi connectivity index (χ3n) is 5.20. The SMILES string of the molecule is O=C(COC1CC(OC(F)(F)F)C1)NCCCCNC(=O)[C@H]1CC(=O)c2cc(Cl)ccc2O1. The molecule has 1 fully saturated rings. The van der Waals surface area contributed by atoms with Gasteiger partial charge in [-0.2, -0.15) is 0 Å². The fraction of sp³-hybridized carbons (Fsp3) is 0.571.